The molecule has 0 radical (unpaired) electrons. The molecular formula is C14H10BrClF2O2. The first-order valence-corrected chi connectivity index (χ1v) is 6.84. The predicted molar refractivity (Wildman–Crippen MR) is 75.4 cm³/mol. The van der Waals surface area contributed by atoms with E-state index < -0.39 is 23.8 Å². The molecule has 2 unspecified atom stereocenters. The molecule has 0 heterocycles. The van der Waals surface area contributed by atoms with E-state index in [2.05, 4.69) is 15.9 Å². The van der Waals surface area contributed by atoms with Gasteiger partial charge in [-0.2, -0.15) is 0 Å². The normalized spacial score (nSPS) is 14.1. The molecule has 0 saturated carbocycles. The predicted octanol–water partition coefficient (Wildman–Crippen LogP) is 4.15. The van der Waals surface area contributed by atoms with Crippen LogP contribution in [-0.2, 0) is 0 Å². The highest BCUT2D eigenvalue weighted by Crippen LogP contribution is 2.34. The van der Waals surface area contributed by atoms with E-state index in [1.54, 1.807) is 0 Å². The molecular weight excluding hydrogens is 354 g/mol. The zero-order valence-electron chi connectivity index (χ0n) is 10.0. The van der Waals surface area contributed by atoms with Gasteiger partial charge >= 0.3 is 0 Å². The molecule has 0 aliphatic carbocycles. The Morgan fingerprint density at radius 3 is 2.30 bits per heavy atom. The zero-order chi connectivity index (χ0) is 14.9. The van der Waals surface area contributed by atoms with Crippen LogP contribution in [0.2, 0.25) is 5.02 Å². The molecule has 0 bridgehead atoms. The van der Waals surface area contributed by atoms with E-state index in [9.17, 15) is 19.0 Å². The van der Waals surface area contributed by atoms with Crippen molar-refractivity contribution in [3.8, 4) is 0 Å². The number of hydrogen-bond donors (Lipinski definition) is 2. The minimum atomic E-state index is -1.60. The topological polar surface area (TPSA) is 40.5 Å². The minimum absolute atomic E-state index is 0.124. The van der Waals surface area contributed by atoms with Gasteiger partial charge in [0.15, 0.2) is 0 Å². The highest BCUT2D eigenvalue weighted by Gasteiger charge is 2.26. The summed E-state index contributed by atoms with van der Waals surface area (Å²) in [6.07, 6.45) is -3.20. The largest absolute Gasteiger partial charge is 0.385 e. The summed E-state index contributed by atoms with van der Waals surface area (Å²) in [5.41, 5.74) is -0.275. The highest BCUT2D eigenvalue weighted by molar-refractivity contribution is 9.10. The van der Waals surface area contributed by atoms with Crippen LogP contribution in [0.25, 0.3) is 0 Å². The van der Waals surface area contributed by atoms with Gasteiger partial charge in [0.05, 0.1) is 4.47 Å². The first-order chi connectivity index (χ1) is 9.41. The average molecular weight is 364 g/mol. The lowest BCUT2D eigenvalue weighted by Crippen LogP contribution is -2.13. The summed E-state index contributed by atoms with van der Waals surface area (Å²) in [7, 11) is 0. The van der Waals surface area contributed by atoms with Gasteiger partial charge in [-0.25, -0.2) is 8.78 Å². The Morgan fingerprint density at radius 2 is 1.65 bits per heavy atom. The van der Waals surface area contributed by atoms with Crippen molar-refractivity contribution in [1.82, 2.24) is 0 Å². The summed E-state index contributed by atoms with van der Waals surface area (Å²) >= 11 is 8.60. The first kappa shape index (κ1) is 15.4. The summed E-state index contributed by atoms with van der Waals surface area (Å²) < 4.78 is 27.7. The standard InChI is InChI=1S/C14H10BrClF2O2/c15-10-3-1-2-9(12(10)18)14(20)13(19)8-5-4-7(16)6-11(8)17/h1-6,13-14,19-20H. The maximum atomic E-state index is 13.9. The summed E-state index contributed by atoms with van der Waals surface area (Å²) in [6.45, 7) is 0. The summed E-state index contributed by atoms with van der Waals surface area (Å²) in [5.74, 6) is -1.46. The number of rotatable bonds is 3. The first-order valence-electron chi connectivity index (χ1n) is 5.67. The Hall–Kier alpha value is -1.01. The molecule has 2 aromatic carbocycles. The number of halogens is 4. The monoisotopic (exact) mass is 362 g/mol. The van der Waals surface area contributed by atoms with Crippen molar-refractivity contribution in [2.75, 3.05) is 0 Å². The summed E-state index contributed by atoms with van der Waals surface area (Å²) in [4.78, 5) is 0. The molecule has 0 aliphatic heterocycles. The van der Waals surface area contributed by atoms with Crippen LogP contribution in [-0.4, -0.2) is 10.2 Å². The van der Waals surface area contributed by atoms with Gasteiger partial charge in [0.25, 0.3) is 0 Å². The van der Waals surface area contributed by atoms with Crippen LogP contribution in [0.3, 0.4) is 0 Å². The molecule has 0 aliphatic rings. The van der Waals surface area contributed by atoms with E-state index in [-0.39, 0.29) is 20.6 Å². The van der Waals surface area contributed by atoms with Gasteiger partial charge in [-0.05, 0) is 34.1 Å². The number of aliphatic hydroxyl groups is 2. The van der Waals surface area contributed by atoms with E-state index >= 15 is 0 Å². The van der Waals surface area contributed by atoms with Gasteiger partial charge in [0.1, 0.15) is 23.8 Å². The maximum Gasteiger partial charge on any atom is 0.143 e. The summed E-state index contributed by atoms with van der Waals surface area (Å²) in [5, 5.41) is 20.2. The maximum absolute atomic E-state index is 13.9. The Morgan fingerprint density at radius 1 is 1.00 bits per heavy atom. The second-order valence-electron chi connectivity index (χ2n) is 4.20. The molecule has 2 atom stereocenters. The molecule has 0 aromatic heterocycles. The molecule has 2 aromatic rings. The number of hydrogen-bond acceptors (Lipinski definition) is 2. The van der Waals surface area contributed by atoms with Crippen LogP contribution in [0.1, 0.15) is 23.3 Å². The van der Waals surface area contributed by atoms with Gasteiger partial charge in [-0.15, -0.1) is 0 Å². The van der Waals surface area contributed by atoms with Crippen molar-refractivity contribution in [2.24, 2.45) is 0 Å². The molecule has 0 fully saturated rings. The zero-order valence-corrected chi connectivity index (χ0v) is 12.4. The van der Waals surface area contributed by atoms with Crippen molar-refractivity contribution in [2.45, 2.75) is 12.2 Å². The summed E-state index contributed by atoms with van der Waals surface area (Å²) in [6, 6.07) is 7.94. The van der Waals surface area contributed by atoms with Crippen molar-refractivity contribution in [3.05, 3.63) is 68.7 Å². The van der Waals surface area contributed by atoms with Crippen molar-refractivity contribution >= 4 is 27.5 Å². The van der Waals surface area contributed by atoms with Gasteiger partial charge in [0, 0.05) is 16.1 Å². The molecule has 0 saturated heterocycles. The Kier molecular flexibility index (Phi) is 4.75. The molecule has 0 amide bonds. The average Bonchev–Trinajstić information content (AvgIpc) is 2.40. The van der Waals surface area contributed by atoms with E-state index in [4.69, 9.17) is 11.6 Å². The Bertz CT molecular complexity index is 637. The molecule has 20 heavy (non-hydrogen) atoms. The fraction of sp³-hybridized carbons (Fsp3) is 0.143. The number of benzene rings is 2. The molecule has 2 N–H and O–H groups in total. The number of aliphatic hydroxyl groups excluding tert-OH is 2. The van der Waals surface area contributed by atoms with Crippen LogP contribution in [0.4, 0.5) is 8.78 Å². The third kappa shape index (κ3) is 3.01. The van der Waals surface area contributed by atoms with E-state index in [1.165, 1.54) is 30.3 Å². The van der Waals surface area contributed by atoms with Crippen LogP contribution >= 0.6 is 27.5 Å². The van der Waals surface area contributed by atoms with Crippen LogP contribution in [0.5, 0.6) is 0 Å². The lowest BCUT2D eigenvalue weighted by molar-refractivity contribution is 0.0129. The van der Waals surface area contributed by atoms with Crippen LogP contribution in [0, 0.1) is 11.6 Å². The van der Waals surface area contributed by atoms with E-state index in [1.807, 2.05) is 0 Å². The van der Waals surface area contributed by atoms with Gasteiger partial charge in [-0.1, -0.05) is 29.8 Å². The second-order valence-corrected chi connectivity index (χ2v) is 5.49. The second kappa shape index (κ2) is 6.18. The van der Waals surface area contributed by atoms with E-state index in [0.29, 0.717) is 0 Å². The lowest BCUT2D eigenvalue weighted by Gasteiger charge is -2.20. The molecule has 6 heteroatoms. The van der Waals surface area contributed by atoms with Gasteiger partial charge in [-0.3, -0.25) is 0 Å². The lowest BCUT2D eigenvalue weighted by atomic mass is 9.97. The fourth-order valence-corrected chi connectivity index (χ4v) is 2.37. The van der Waals surface area contributed by atoms with Crippen LogP contribution < -0.4 is 0 Å². The molecule has 2 nitrogen and oxygen atoms in total. The molecule has 2 rings (SSSR count). The van der Waals surface area contributed by atoms with Gasteiger partial charge in [0.2, 0.25) is 0 Å². The van der Waals surface area contributed by atoms with Crippen molar-refractivity contribution in [1.29, 1.82) is 0 Å². The third-order valence-electron chi connectivity index (χ3n) is 2.88. The highest BCUT2D eigenvalue weighted by atomic mass is 79.9. The van der Waals surface area contributed by atoms with Crippen molar-refractivity contribution in [3.63, 3.8) is 0 Å². The SMILES string of the molecule is OC(c1ccc(Cl)cc1F)C(O)c1cccc(Br)c1F. The van der Waals surface area contributed by atoms with Crippen LogP contribution in [0.15, 0.2) is 40.9 Å². The molecule has 0 spiro atoms. The Balaban J connectivity index is 2.37. The quantitative estimate of drug-likeness (QED) is 0.860. The smallest absolute Gasteiger partial charge is 0.143 e. The van der Waals surface area contributed by atoms with E-state index in [0.717, 1.165) is 6.07 Å². The van der Waals surface area contributed by atoms with Crippen molar-refractivity contribution < 1.29 is 19.0 Å². The molecule has 106 valence electrons. The van der Waals surface area contributed by atoms with Gasteiger partial charge < -0.3 is 10.2 Å². The minimum Gasteiger partial charge on any atom is -0.385 e. The fourth-order valence-electron chi connectivity index (χ4n) is 1.83. The third-order valence-corrected chi connectivity index (χ3v) is 3.73. The Labute approximate surface area is 127 Å².